The minimum absolute atomic E-state index is 1.11. The first-order valence-corrected chi connectivity index (χ1v) is 5.97. The number of piperazine rings is 1. The van der Waals surface area contributed by atoms with Gasteiger partial charge in [-0.05, 0) is 13.5 Å². The molecule has 2 aliphatic rings. The third-order valence-electron chi connectivity index (χ3n) is 2.71. The molecule has 1 fully saturated rings. The van der Waals surface area contributed by atoms with Gasteiger partial charge in [0.25, 0.3) is 0 Å². The maximum absolute atomic E-state index is 4.50. The van der Waals surface area contributed by atoms with Crippen LogP contribution in [0, 0.1) is 0 Å². The van der Waals surface area contributed by atoms with Crippen molar-refractivity contribution in [1.82, 2.24) is 10.2 Å². The number of hydrogen-bond donors (Lipinski definition) is 2. The smallest absolute Gasteiger partial charge is 0.0200 e. The van der Waals surface area contributed by atoms with E-state index in [2.05, 4.69) is 46.3 Å². The van der Waals surface area contributed by atoms with Crippen LogP contribution in [0.2, 0.25) is 0 Å². The Morgan fingerprint density at radius 2 is 1.94 bits per heavy atom. The standard InChI is InChI=1S/C12H18N2.CH5N/c1-2-4-6-12(5-3-1)11-14-9-7-13-8-10-14;1-2/h1-5,13H,6-11H2;2H2,1H3. The molecule has 90 valence electrons. The van der Waals surface area contributed by atoms with Gasteiger partial charge in [0.15, 0.2) is 0 Å². The summed E-state index contributed by atoms with van der Waals surface area (Å²) in [5.74, 6) is 0. The van der Waals surface area contributed by atoms with Crippen LogP contribution in [0.5, 0.6) is 0 Å². The van der Waals surface area contributed by atoms with Gasteiger partial charge in [0.05, 0.1) is 0 Å². The zero-order chi connectivity index (χ0) is 11.6. The molecule has 1 heterocycles. The number of nitrogens with one attached hydrogen (secondary N) is 1. The lowest BCUT2D eigenvalue weighted by Crippen LogP contribution is -2.44. The molecule has 1 aliphatic carbocycles. The van der Waals surface area contributed by atoms with Gasteiger partial charge >= 0.3 is 0 Å². The largest absolute Gasteiger partial charge is 0.333 e. The van der Waals surface area contributed by atoms with Crippen LogP contribution in [0.3, 0.4) is 0 Å². The molecule has 0 spiro atoms. The van der Waals surface area contributed by atoms with Crippen LogP contribution in [0.4, 0.5) is 0 Å². The van der Waals surface area contributed by atoms with Gasteiger partial charge < -0.3 is 11.1 Å². The molecule has 3 N–H and O–H groups in total. The second-order valence-corrected chi connectivity index (χ2v) is 3.87. The minimum Gasteiger partial charge on any atom is -0.333 e. The molecular weight excluding hydrogens is 198 g/mol. The zero-order valence-corrected chi connectivity index (χ0v) is 10.2. The first-order valence-electron chi connectivity index (χ1n) is 5.97. The molecule has 0 amide bonds. The predicted octanol–water partition coefficient (Wildman–Crippen LogP) is 0.909. The predicted molar refractivity (Wildman–Crippen MR) is 70.4 cm³/mol. The molecule has 3 heteroatoms. The average Bonchev–Trinajstić information content (AvgIpc) is 2.62. The van der Waals surface area contributed by atoms with E-state index >= 15 is 0 Å². The second kappa shape index (κ2) is 8.28. The van der Waals surface area contributed by atoms with Crippen molar-refractivity contribution >= 4 is 0 Å². The summed E-state index contributed by atoms with van der Waals surface area (Å²) in [5.41, 5.74) is 6.02. The molecule has 0 radical (unpaired) electrons. The number of nitrogens with two attached hydrogens (primary N) is 1. The lowest BCUT2D eigenvalue weighted by atomic mass is 10.1. The van der Waals surface area contributed by atoms with Crippen molar-refractivity contribution in [3.8, 4) is 0 Å². The highest BCUT2D eigenvalue weighted by atomic mass is 15.2. The molecule has 2 rings (SSSR count). The average molecular weight is 221 g/mol. The second-order valence-electron chi connectivity index (χ2n) is 3.87. The van der Waals surface area contributed by atoms with Gasteiger partial charge in [-0.2, -0.15) is 0 Å². The molecular formula is C13H23N3. The van der Waals surface area contributed by atoms with E-state index in [4.69, 9.17) is 0 Å². The van der Waals surface area contributed by atoms with Gasteiger partial charge in [0.1, 0.15) is 0 Å². The molecule has 0 aromatic carbocycles. The summed E-state index contributed by atoms with van der Waals surface area (Å²) in [5, 5.41) is 3.38. The SMILES string of the molecule is C1=CC=C(CN2CCNCC2)CC=C1.CN. The van der Waals surface area contributed by atoms with Crippen molar-refractivity contribution < 1.29 is 0 Å². The van der Waals surface area contributed by atoms with E-state index in [1.165, 1.54) is 25.7 Å². The summed E-state index contributed by atoms with van der Waals surface area (Å²) in [6.45, 7) is 5.78. The van der Waals surface area contributed by atoms with E-state index in [-0.39, 0.29) is 0 Å². The van der Waals surface area contributed by atoms with E-state index in [9.17, 15) is 0 Å². The van der Waals surface area contributed by atoms with Crippen LogP contribution in [0.25, 0.3) is 0 Å². The van der Waals surface area contributed by atoms with Crippen LogP contribution < -0.4 is 11.1 Å². The maximum Gasteiger partial charge on any atom is 0.0200 e. The first-order chi connectivity index (χ1) is 7.95. The van der Waals surface area contributed by atoms with Crippen LogP contribution in [0.15, 0.2) is 36.0 Å². The summed E-state index contributed by atoms with van der Waals surface area (Å²) >= 11 is 0. The quantitative estimate of drug-likeness (QED) is 0.728. The third kappa shape index (κ3) is 4.75. The maximum atomic E-state index is 4.50. The van der Waals surface area contributed by atoms with Gasteiger partial charge in [-0.1, -0.05) is 36.0 Å². The van der Waals surface area contributed by atoms with Crippen molar-refractivity contribution in [2.75, 3.05) is 39.8 Å². The molecule has 1 saturated heterocycles. The van der Waals surface area contributed by atoms with E-state index in [0.717, 1.165) is 26.1 Å². The van der Waals surface area contributed by atoms with Crippen molar-refractivity contribution in [2.45, 2.75) is 6.42 Å². The Bertz CT molecular complexity index is 260. The number of allylic oxidation sites excluding steroid dienone is 5. The number of rotatable bonds is 2. The fourth-order valence-electron chi connectivity index (χ4n) is 1.90. The van der Waals surface area contributed by atoms with Gasteiger partial charge in [-0.25, -0.2) is 0 Å². The van der Waals surface area contributed by atoms with Gasteiger partial charge in [-0.3, -0.25) is 4.90 Å². The van der Waals surface area contributed by atoms with Gasteiger partial charge in [0.2, 0.25) is 0 Å². The molecule has 0 aromatic rings. The van der Waals surface area contributed by atoms with Crippen molar-refractivity contribution in [3.63, 3.8) is 0 Å². The molecule has 0 atom stereocenters. The Hall–Kier alpha value is -0.900. The summed E-state index contributed by atoms with van der Waals surface area (Å²) in [6.07, 6.45) is 12.0. The number of nitrogens with zero attached hydrogens (tertiary/aromatic N) is 1. The van der Waals surface area contributed by atoms with E-state index in [1.807, 2.05) is 0 Å². The summed E-state index contributed by atoms with van der Waals surface area (Å²) in [7, 11) is 1.50. The molecule has 16 heavy (non-hydrogen) atoms. The molecule has 0 bridgehead atoms. The lowest BCUT2D eigenvalue weighted by molar-refractivity contribution is 0.258. The van der Waals surface area contributed by atoms with E-state index < -0.39 is 0 Å². The molecule has 0 saturated carbocycles. The van der Waals surface area contributed by atoms with Crippen molar-refractivity contribution in [3.05, 3.63) is 36.0 Å². The Morgan fingerprint density at radius 1 is 1.19 bits per heavy atom. The molecule has 1 aliphatic heterocycles. The Balaban J connectivity index is 0.000000606. The van der Waals surface area contributed by atoms with Crippen molar-refractivity contribution in [1.29, 1.82) is 0 Å². The monoisotopic (exact) mass is 221 g/mol. The first kappa shape index (κ1) is 13.2. The fraction of sp³-hybridized carbons (Fsp3) is 0.538. The lowest BCUT2D eigenvalue weighted by Gasteiger charge is -2.27. The van der Waals surface area contributed by atoms with Gasteiger partial charge in [0, 0.05) is 32.7 Å². The highest BCUT2D eigenvalue weighted by molar-refractivity contribution is 5.24. The van der Waals surface area contributed by atoms with E-state index in [0.29, 0.717) is 0 Å². The molecule has 0 aromatic heterocycles. The third-order valence-corrected chi connectivity index (χ3v) is 2.71. The highest BCUT2D eigenvalue weighted by Crippen LogP contribution is 2.09. The van der Waals surface area contributed by atoms with Crippen LogP contribution in [-0.2, 0) is 0 Å². The highest BCUT2D eigenvalue weighted by Gasteiger charge is 2.10. The fourth-order valence-corrected chi connectivity index (χ4v) is 1.90. The Morgan fingerprint density at radius 3 is 2.69 bits per heavy atom. The summed E-state index contributed by atoms with van der Waals surface area (Å²) in [6, 6.07) is 0. The normalized spacial score (nSPS) is 20.8. The molecule has 3 nitrogen and oxygen atoms in total. The number of hydrogen-bond acceptors (Lipinski definition) is 3. The minimum atomic E-state index is 1.11. The van der Waals surface area contributed by atoms with E-state index in [1.54, 1.807) is 0 Å². The Labute approximate surface area is 98.7 Å². The summed E-state index contributed by atoms with van der Waals surface area (Å²) < 4.78 is 0. The zero-order valence-electron chi connectivity index (χ0n) is 10.2. The van der Waals surface area contributed by atoms with Crippen LogP contribution in [0.1, 0.15) is 6.42 Å². The topological polar surface area (TPSA) is 41.3 Å². The van der Waals surface area contributed by atoms with Crippen molar-refractivity contribution in [2.24, 2.45) is 5.73 Å². The summed E-state index contributed by atoms with van der Waals surface area (Å²) in [4.78, 5) is 2.52. The van der Waals surface area contributed by atoms with Gasteiger partial charge in [-0.15, -0.1) is 0 Å². The Kier molecular flexibility index (Phi) is 6.81. The molecule has 0 unspecified atom stereocenters. The van der Waals surface area contributed by atoms with Crippen LogP contribution in [-0.4, -0.2) is 44.7 Å². The van der Waals surface area contributed by atoms with Crippen LogP contribution >= 0.6 is 0 Å².